The first kappa shape index (κ1) is 21.2. The molecule has 0 spiro atoms. The lowest BCUT2D eigenvalue weighted by molar-refractivity contribution is 0.102. The summed E-state index contributed by atoms with van der Waals surface area (Å²) in [6.45, 7) is 0. The monoisotopic (exact) mass is 446 g/mol. The Morgan fingerprint density at radius 3 is 1.97 bits per heavy atom. The Morgan fingerprint density at radius 2 is 1.41 bits per heavy atom. The van der Waals surface area contributed by atoms with Gasteiger partial charge in [-0.1, -0.05) is 60.7 Å². The number of sulfonamides is 1. The summed E-state index contributed by atoms with van der Waals surface area (Å²) in [5.74, 6) is -0.659. The van der Waals surface area contributed by atoms with E-state index in [1.165, 1.54) is 24.3 Å². The molecule has 1 aromatic heterocycles. The SMILES string of the molecule is NS(=O)(=O)c1ccc(NC(=O)c2c(-c3ccccc3)c(-c3ccccc3)n[nH]c2=O)cc1. The highest BCUT2D eigenvalue weighted by molar-refractivity contribution is 7.89. The minimum atomic E-state index is -3.86. The van der Waals surface area contributed by atoms with E-state index < -0.39 is 21.5 Å². The first-order valence-electron chi connectivity index (χ1n) is 9.52. The Labute approximate surface area is 183 Å². The highest BCUT2D eigenvalue weighted by Gasteiger charge is 2.23. The number of aromatic nitrogens is 2. The van der Waals surface area contributed by atoms with Crippen LogP contribution in [0, 0.1) is 0 Å². The van der Waals surface area contributed by atoms with Gasteiger partial charge < -0.3 is 5.32 Å². The fourth-order valence-corrected chi connectivity index (χ4v) is 3.79. The number of benzene rings is 3. The van der Waals surface area contributed by atoms with E-state index in [1.807, 2.05) is 36.4 Å². The van der Waals surface area contributed by atoms with Crippen molar-refractivity contribution in [3.63, 3.8) is 0 Å². The van der Waals surface area contributed by atoms with Gasteiger partial charge in [-0.3, -0.25) is 9.59 Å². The number of hydrogen-bond acceptors (Lipinski definition) is 5. The number of primary sulfonamides is 1. The number of amides is 1. The standard InChI is InChI=1S/C23H18N4O4S/c24-32(30,31)18-13-11-17(12-14-18)25-22(28)20-19(15-7-3-1-4-8-15)21(26-27-23(20)29)16-9-5-2-6-10-16/h1-14H,(H,25,28)(H,27,29)(H2,24,30,31). The van der Waals surface area contributed by atoms with E-state index in [-0.39, 0.29) is 10.5 Å². The van der Waals surface area contributed by atoms with Crippen LogP contribution in [0.25, 0.3) is 22.4 Å². The lowest BCUT2D eigenvalue weighted by Gasteiger charge is -2.14. The molecule has 0 atom stereocenters. The minimum absolute atomic E-state index is 0.0893. The Hall–Kier alpha value is -4.08. The molecular weight excluding hydrogens is 428 g/mol. The van der Waals surface area contributed by atoms with Crippen molar-refractivity contribution in [1.82, 2.24) is 10.2 Å². The number of carbonyl (C=O) groups is 1. The molecule has 4 aromatic rings. The maximum absolute atomic E-state index is 13.2. The molecule has 3 aromatic carbocycles. The van der Waals surface area contributed by atoms with Crippen molar-refractivity contribution in [2.45, 2.75) is 4.90 Å². The van der Waals surface area contributed by atoms with Crippen LogP contribution in [0.4, 0.5) is 5.69 Å². The summed E-state index contributed by atoms with van der Waals surface area (Å²) in [6, 6.07) is 23.6. The molecule has 160 valence electrons. The maximum Gasteiger partial charge on any atom is 0.277 e. The molecule has 8 nitrogen and oxygen atoms in total. The Morgan fingerprint density at radius 1 is 0.844 bits per heavy atom. The zero-order valence-corrected chi connectivity index (χ0v) is 17.5. The number of hydrogen-bond donors (Lipinski definition) is 3. The van der Waals surface area contributed by atoms with Crippen molar-refractivity contribution >= 4 is 21.6 Å². The van der Waals surface area contributed by atoms with Crippen molar-refractivity contribution in [2.75, 3.05) is 5.32 Å². The van der Waals surface area contributed by atoms with E-state index in [0.717, 1.165) is 5.56 Å². The molecule has 0 saturated carbocycles. The molecular formula is C23H18N4O4S. The number of aromatic amines is 1. The molecule has 9 heteroatoms. The fraction of sp³-hybridized carbons (Fsp3) is 0. The van der Waals surface area contributed by atoms with Crippen LogP contribution in [0.1, 0.15) is 10.4 Å². The average Bonchev–Trinajstić information content (AvgIpc) is 2.79. The van der Waals surface area contributed by atoms with Crippen LogP contribution in [-0.4, -0.2) is 24.5 Å². The van der Waals surface area contributed by atoms with Gasteiger partial charge in [0.05, 0.1) is 10.6 Å². The number of H-pyrrole nitrogens is 1. The van der Waals surface area contributed by atoms with Crippen LogP contribution in [0.3, 0.4) is 0 Å². The summed E-state index contributed by atoms with van der Waals surface area (Å²) < 4.78 is 22.9. The number of nitrogens with one attached hydrogen (secondary N) is 2. The first-order chi connectivity index (χ1) is 15.3. The highest BCUT2D eigenvalue weighted by atomic mass is 32.2. The average molecular weight is 446 g/mol. The lowest BCUT2D eigenvalue weighted by atomic mass is 9.95. The molecule has 1 amide bonds. The van der Waals surface area contributed by atoms with E-state index >= 15 is 0 Å². The van der Waals surface area contributed by atoms with Crippen LogP contribution < -0.4 is 16.0 Å². The zero-order valence-electron chi connectivity index (χ0n) is 16.6. The molecule has 0 aliphatic heterocycles. The van der Waals surface area contributed by atoms with E-state index in [9.17, 15) is 18.0 Å². The maximum atomic E-state index is 13.2. The van der Waals surface area contributed by atoms with E-state index in [4.69, 9.17) is 5.14 Å². The Kier molecular flexibility index (Phi) is 5.67. The molecule has 1 heterocycles. The van der Waals surface area contributed by atoms with E-state index in [0.29, 0.717) is 22.5 Å². The predicted molar refractivity (Wildman–Crippen MR) is 121 cm³/mol. The van der Waals surface area contributed by atoms with Gasteiger partial charge in [0.1, 0.15) is 5.56 Å². The number of rotatable bonds is 5. The Balaban J connectivity index is 1.83. The van der Waals surface area contributed by atoms with Gasteiger partial charge in [-0.05, 0) is 29.8 Å². The molecule has 4 rings (SSSR count). The third-order valence-corrected chi connectivity index (χ3v) is 5.69. The van der Waals surface area contributed by atoms with Crippen LogP contribution in [0.2, 0.25) is 0 Å². The molecule has 0 fully saturated rings. The zero-order chi connectivity index (χ0) is 22.7. The summed E-state index contributed by atoms with van der Waals surface area (Å²) in [6.07, 6.45) is 0. The van der Waals surface area contributed by atoms with Gasteiger partial charge in [-0.2, -0.15) is 5.10 Å². The normalized spacial score (nSPS) is 11.2. The predicted octanol–water partition coefficient (Wildman–Crippen LogP) is 3.00. The third-order valence-electron chi connectivity index (χ3n) is 4.76. The molecule has 0 aliphatic carbocycles. The lowest BCUT2D eigenvalue weighted by Crippen LogP contribution is -2.26. The Bertz CT molecular complexity index is 1430. The number of anilines is 1. The van der Waals surface area contributed by atoms with Gasteiger partial charge in [0, 0.05) is 16.8 Å². The number of carbonyl (C=O) groups excluding carboxylic acids is 1. The molecule has 4 N–H and O–H groups in total. The molecule has 0 unspecified atom stereocenters. The van der Waals surface area contributed by atoms with E-state index in [1.54, 1.807) is 24.3 Å². The van der Waals surface area contributed by atoms with Crippen LogP contribution >= 0.6 is 0 Å². The van der Waals surface area contributed by atoms with Gasteiger partial charge in [-0.15, -0.1) is 0 Å². The second kappa shape index (κ2) is 8.58. The smallest absolute Gasteiger partial charge is 0.277 e. The van der Waals surface area contributed by atoms with Gasteiger partial charge >= 0.3 is 0 Å². The van der Waals surface area contributed by atoms with Crippen molar-refractivity contribution in [3.8, 4) is 22.4 Å². The third kappa shape index (κ3) is 4.34. The fourth-order valence-electron chi connectivity index (χ4n) is 3.28. The van der Waals surface area contributed by atoms with Gasteiger partial charge in [-0.25, -0.2) is 18.7 Å². The van der Waals surface area contributed by atoms with Gasteiger partial charge in [0.25, 0.3) is 11.5 Å². The van der Waals surface area contributed by atoms with Gasteiger partial charge in [0.2, 0.25) is 10.0 Å². The van der Waals surface area contributed by atoms with Crippen molar-refractivity contribution in [2.24, 2.45) is 5.14 Å². The summed E-state index contributed by atoms with van der Waals surface area (Å²) in [4.78, 5) is 25.8. The molecule has 0 bridgehead atoms. The summed E-state index contributed by atoms with van der Waals surface area (Å²) in [5, 5.41) is 14.4. The topological polar surface area (TPSA) is 135 Å². The largest absolute Gasteiger partial charge is 0.322 e. The summed E-state index contributed by atoms with van der Waals surface area (Å²) >= 11 is 0. The molecule has 0 aliphatic rings. The van der Waals surface area contributed by atoms with Crippen LogP contribution in [-0.2, 0) is 10.0 Å². The second-order valence-electron chi connectivity index (χ2n) is 6.91. The molecule has 32 heavy (non-hydrogen) atoms. The van der Waals surface area contributed by atoms with Crippen molar-refractivity contribution in [3.05, 3.63) is 101 Å². The summed E-state index contributed by atoms with van der Waals surface area (Å²) in [5.41, 5.74) is 1.76. The van der Waals surface area contributed by atoms with Gasteiger partial charge in [0.15, 0.2) is 0 Å². The minimum Gasteiger partial charge on any atom is -0.322 e. The number of nitrogens with two attached hydrogens (primary N) is 1. The molecule has 0 saturated heterocycles. The highest BCUT2D eigenvalue weighted by Crippen LogP contribution is 2.31. The van der Waals surface area contributed by atoms with Crippen molar-refractivity contribution < 1.29 is 13.2 Å². The molecule has 0 radical (unpaired) electrons. The van der Waals surface area contributed by atoms with Crippen LogP contribution in [0.5, 0.6) is 0 Å². The quantitative estimate of drug-likeness (QED) is 0.433. The summed E-state index contributed by atoms with van der Waals surface area (Å²) in [7, 11) is -3.86. The van der Waals surface area contributed by atoms with Crippen molar-refractivity contribution in [1.29, 1.82) is 0 Å². The number of nitrogens with zero attached hydrogens (tertiary/aromatic N) is 1. The van der Waals surface area contributed by atoms with E-state index in [2.05, 4.69) is 15.5 Å². The van der Waals surface area contributed by atoms with Crippen LogP contribution in [0.15, 0.2) is 94.6 Å². The second-order valence-corrected chi connectivity index (χ2v) is 8.47. The first-order valence-corrected chi connectivity index (χ1v) is 11.1.